The topological polar surface area (TPSA) is 71.1 Å². The van der Waals surface area contributed by atoms with Crippen LogP contribution in [0.2, 0.25) is 0 Å². The number of methoxy groups -OCH3 is 4. The molecule has 8 aromatic carbocycles. The minimum atomic E-state index is -4.20. The van der Waals surface area contributed by atoms with Crippen LogP contribution in [-0.4, -0.2) is 28.4 Å². The van der Waals surface area contributed by atoms with Gasteiger partial charge in [-0.25, -0.2) is 0 Å². The van der Waals surface area contributed by atoms with Gasteiger partial charge in [-0.3, -0.25) is 0 Å². The van der Waals surface area contributed by atoms with Crippen LogP contribution in [0.1, 0.15) is 211 Å². The predicted molar refractivity (Wildman–Crippen MR) is 381 cm³/mol. The number of hydrogen-bond donors (Lipinski definition) is 0. The molecule has 0 aliphatic carbocycles. The van der Waals surface area contributed by atoms with E-state index in [4.69, 9.17) is 18.9 Å². The lowest BCUT2D eigenvalue weighted by Gasteiger charge is -2.35. The third-order valence-electron chi connectivity index (χ3n) is 17.8. The Balaban J connectivity index is 1.77. The van der Waals surface area contributed by atoms with Crippen molar-refractivity contribution in [3.8, 4) is 34.1 Å². The zero-order valence-electron chi connectivity index (χ0n) is 58.9. The van der Waals surface area contributed by atoms with E-state index in [2.05, 4.69) is 287 Å². The molecule has 0 spiro atoms. The Kier molecular flexibility index (Phi) is 17.7. The molecule has 0 amide bonds. The summed E-state index contributed by atoms with van der Waals surface area (Å²) in [7, 11) is -1.38. The standard InChI is InChI=1S/C80H104O6P2/c1-73(2,3)57-41-51(42-58(69(57)83-25)74(4,5)6)87(81,52-43-59(75(7,8)9)70(84-26)60(44-52)76(10,11)12)65-39-37-49-33-29-31-35-55(49)67(65)68-56-36-32-30-34-50(56)38-40-66(68)88(82,53-45-61(77(13,14)15)71(85-27)62(46-53)78(16,17)18)54-47-63(79(19,20)21)72(86-28)64(48-54)80(22,23)24/h29-48H,1-28H3. The fraction of sp³-hybridized carbons (Fsp3) is 0.450. The van der Waals surface area contributed by atoms with Crippen LogP contribution in [0.25, 0.3) is 32.7 Å². The molecule has 0 aliphatic heterocycles. The van der Waals surface area contributed by atoms with Crippen molar-refractivity contribution in [1.82, 2.24) is 0 Å². The van der Waals surface area contributed by atoms with Gasteiger partial charge in [-0.05, 0) is 126 Å². The highest BCUT2D eigenvalue weighted by Crippen LogP contribution is 2.57. The first-order valence-corrected chi connectivity index (χ1v) is 34.9. The number of hydrogen-bond acceptors (Lipinski definition) is 6. The second-order valence-electron chi connectivity index (χ2n) is 32.9. The third-order valence-corrected chi connectivity index (χ3v) is 23.8. The Bertz CT molecular complexity index is 3520. The number of benzene rings is 8. The Labute approximate surface area is 530 Å². The van der Waals surface area contributed by atoms with Gasteiger partial charge in [0.25, 0.3) is 0 Å². The maximum absolute atomic E-state index is 19.2. The smallest absolute Gasteiger partial charge is 0.171 e. The zero-order valence-corrected chi connectivity index (χ0v) is 60.7. The van der Waals surface area contributed by atoms with Crippen LogP contribution in [0.4, 0.5) is 0 Å². The largest absolute Gasteiger partial charge is 0.496 e. The van der Waals surface area contributed by atoms with Crippen molar-refractivity contribution in [1.29, 1.82) is 0 Å². The SMILES string of the molecule is COc1c(C(C)(C)C)cc(P(=O)(c2cc(C(C)(C)C)c(OC)c(C(C)(C)C)c2)c2ccc3ccccc3c2-c2c(P(=O)(c3cc(C(C)(C)C)c(OC)c(C(C)(C)C)c3)c3cc(C(C)(C)C)c(OC)c(C(C)(C)C)c3)ccc3ccccc23)cc1C(C)(C)C. The first kappa shape index (κ1) is 67.9. The molecule has 8 aromatic rings. The van der Waals surface area contributed by atoms with E-state index < -0.39 is 57.6 Å². The monoisotopic (exact) mass is 1220 g/mol. The predicted octanol–water partition coefficient (Wildman–Crippen LogP) is 19.4. The molecule has 0 heterocycles. The molecule has 0 aliphatic rings. The molecule has 8 rings (SSSR count). The average Bonchev–Trinajstić information content (AvgIpc) is 0.811. The van der Waals surface area contributed by atoms with E-state index in [1.54, 1.807) is 28.4 Å². The molecule has 0 unspecified atom stereocenters. The fourth-order valence-electron chi connectivity index (χ4n) is 12.9. The highest BCUT2D eigenvalue weighted by atomic mass is 31.2. The molecule has 88 heavy (non-hydrogen) atoms. The van der Waals surface area contributed by atoms with Crippen LogP contribution in [-0.2, 0) is 52.5 Å². The van der Waals surface area contributed by atoms with Crippen LogP contribution in [0, 0.1) is 0 Å². The van der Waals surface area contributed by atoms with Gasteiger partial charge in [0.1, 0.15) is 23.0 Å². The van der Waals surface area contributed by atoms with E-state index in [1.807, 2.05) is 0 Å². The molecule has 0 aromatic heterocycles. The van der Waals surface area contributed by atoms with Crippen molar-refractivity contribution < 1.29 is 28.1 Å². The Hall–Kier alpha value is -6.06. The van der Waals surface area contributed by atoms with Crippen LogP contribution in [0.5, 0.6) is 23.0 Å². The average molecular weight is 1220 g/mol. The molecule has 0 saturated heterocycles. The lowest BCUT2D eigenvalue weighted by atomic mass is 9.79. The van der Waals surface area contributed by atoms with Gasteiger partial charge in [-0.15, -0.1) is 0 Å². The van der Waals surface area contributed by atoms with E-state index >= 15 is 9.13 Å². The molecule has 0 fully saturated rings. The van der Waals surface area contributed by atoms with Gasteiger partial charge in [-0.1, -0.05) is 227 Å². The maximum Gasteiger partial charge on any atom is 0.171 e. The van der Waals surface area contributed by atoms with Crippen molar-refractivity contribution in [3.05, 3.63) is 166 Å². The van der Waals surface area contributed by atoms with Gasteiger partial charge in [0.2, 0.25) is 0 Å². The summed E-state index contributed by atoms with van der Waals surface area (Å²) in [5.41, 5.74) is 5.73. The minimum Gasteiger partial charge on any atom is -0.496 e. The van der Waals surface area contributed by atoms with E-state index in [1.165, 1.54) is 0 Å². The minimum absolute atomic E-state index is 0.437. The summed E-state index contributed by atoms with van der Waals surface area (Å²) in [6.45, 7) is 53.0. The van der Waals surface area contributed by atoms with Crippen molar-refractivity contribution in [2.45, 2.75) is 209 Å². The molecule has 470 valence electrons. The number of ether oxygens (including phenoxy) is 4. The summed E-state index contributed by atoms with van der Waals surface area (Å²) in [5.74, 6) is 3.16. The second-order valence-corrected chi connectivity index (χ2v) is 38.3. The number of rotatable bonds is 11. The van der Waals surface area contributed by atoms with Gasteiger partial charge in [0.15, 0.2) is 14.3 Å². The van der Waals surface area contributed by atoms with E-state index in [-0.39, 0.29) is 0 Å². The Morgan fingerprint density at radius 1 is 0.261 bits per heavy atom. The quantitative estimate of drug-likeness (QED) is 0.120. The number of fused-ring (bicyclic) bond motifs is 2. The van der Waals surface area contributed by atoms with E-state index in [9.17, 15) is 0 Å². The molecular weight excluding hydrogens is 1120 g/mol. The third kappa shape index (κ3) is 12.2. The second kappa shape index (κ2) is 23.0. The highest BCUT2D eigenvalue weighted by Gasteiger charge is 2.45. The first-order valence-electron chi connectivity index (χ1n) is 31.5. The molecule has 0 saturated carbocycles. The van der Waals surface area contributed by atoms with Crippen molar-refractivity contribution in [3.63, 3.8) is 0 Å². The molecular formula is C80H104O6P2. The maximum atomic E-state index is 19.2. The zero-order chi connectivity index (χ0) is 65.8. The lowest BCUT2D eigenvalue weighted by molar-refractivity contribution is 0.381. The highest BCUT2D eigenvalue weighted by molar-refractivity contribution is 7.86. The van der Waals surface area contributed by atoms with Crippen molar-refractivity contribution >= 4 is 67.7 Å². The van der Waals surface area contributed by atoms with Crippen molar-refractivity contribution in [2.75, 3.05) is 28.4 Å². The van der Waals surface area contributed by atoms with Gasteiger partial charge in [-0.2, -0.15) is 0 Å². The summed E-state index contributed by atoms with van der Waals surface area (Å²) in [6.07, 6.45) is 0. The molecule has 0 atom stereocenters. The molecule has 0 bridgehead atoms. The van der Waals surface area contributed by atoms with Crippen LogP contribution in [0.3, 0.4) is 0 Å². The van der Waals surface area contributed by atoms with Gasteiger partial charge >= 0.3 is 0 Å². The molecule has 0 radical (unpaired) electrons. The molecule has 6 nitrogen and oxygen atoms in total. The summed E-state index contributed by atoms with van der Waals surface area (Å²) < 4.78 is 64.4. The van der Waals surface area contributed by atoms with Crippen LogP contribution in [0.15, 0.2) is 121 Å². The first-order chi connectivity index (χ1) is 40.3. The van der Waals surface area contributed by atoms with Gasteiger partial charge in [0, 0.05) is 87.5 Å². The van der Waals surface area contributed by atoms with E-state index in [0.29, 0.717) is 31.8 Å². The van der Waals surface area contributed by atoms with Crippen LogP contribution >= 0.6 is 14.3 Å². The van der Waals surface area contributed by atoms with Gasteiger partial charge < -0.3 is 28.1 Å². The molecule has 0 N–H and O–H groups in total. The van der Waals surface area contributed by atoms with Crippen LogP contribution < -0.4 is 50.8 Å². The Morgan fingerprint density at radius 3 is 0.614 bits per heavy atom. The van der Waals surface area contributed by atoms with Crippen molar-refractivity contribution in [2.24, 2.45) is 0 Å². The summed E-state index contributed by atoms with van der Waals surface area (Å²) in [4.78, 5) is 0. The molecule has 8 heteroatoms. The van der Waals surface area contributed by atoms with Gasteiger partial charge in [0.05, 0.1) is 28.4 Å². The summed E-state index contributed by atoms with van der Waals surface area (Å²) >= 11 is 0. The normalized spacial score (nSPS) is 13.5. The Morgan fingerprint density at radius 2 is 0.443 bits per heavy atom. The summed E-state index contributed by atoms with van der Waals surface area (Å²) in [5, 5.41) is 7.76. The summed E-state index contributed by atoms with van der Waals surface area (Å²) in [6, 6.07) is 42.9. The fourth-order valence-corrected chi connectivity index (χ4v) is 18.8. The van der Waals surface area contributed by atoms with E-state index in [0.717, 1.165) is 100 Å². The lowest BCUT2D eigenvalue weighted by Crippen LogP contribution is -2.34.